The average Bonchev–Trinajstić information content (AvgIpc) is 3.47. The van der Waals surface area contributed by atoms with Crippen molar-refractivity contribution in [3.05, 3.63) is 42.0 Å². The van der Waals surface area contributed by atoms with E-state index < -0.39 is 0 Å². The van der Waals surface area contributed by atoms with Crippen molar-refractivity contribution in [1.29, 1.82) is 0 Å². The van der Waals surface area contributed by atoms with Gasteiger partial charge in [0.05, 0.1) is 6.54 Å². The largest absolute Gasteiger partial charge is 0.364 e. The van der Waals surface area contributed by atoms with Gasteiger partial charge in [0, 0.05) is 44.5 Å². The molecule has 0 bridgehead atoms. The van der Waals surface area contributed by atoms with Gasteiger partial charge in [-0.25, -0.2) is 4.99 Å². The maximum absolute atomic E-state index is 4.94. The van der Waals surface area contributed by atoms with E-state index in [1.54, 1.807) is 0 Å². The van der Waals surface area contributed by atoms with Crippen LogP contribution in [0.3, 0.4) is 0 Å². The van der Waals surface area contributed by atoms with E-state index in [2.05, 4.69) is 63.4 Å². The fraction of sp³-hybridized carbons (Fsp3) is 0.591. The second kappa shape index (κ2) is 8.79. The van der Waals surface area contributed by atoms with E-state index in [0.29, 0.717) is 6.04 Å². The van der Waals surface area contributed by atoms with Crippen LogP contribution in [0.15, 0.2) is 41.4 Å². The Labute approximate surface area is 163 Å². The molecule has 1 atom stereocenters. The van der Waals surface area contributed by atoms with Gasteiger partial charge in [-0.1, -0.05) is 24.3 Å². The monoisotopic (exact) mass is 367 g/mol. The Morgan fingerprint density at radius 1 is 1.07 bits per heavy atom. The maximum Gasteiger partial charge on any atom is 0.194 e. The second-order valence-corrected chi connectivity index (χ2v) is 7.84. The predicted octanol–water partition coefficient (Wildman–Crippen LogP) is 2.70. The lowest BCUT2D eigenvalue weighted by Crippen LogP contribution is -2.42. The first-order valence-electron chi connectivity index (χ1n) is 10.6. The average molecular weight is 368 g/mol. The number of hydrogen-bond acceptors (Lipinski definition) is 3. The SMILES string of the molecule is CCNC(=NCc1ccc(N2CC=CC2)cc1)N1CCC(N2CCCC2)C1. The number of hydrogen-bond donors (Lipinski definition) is 1. The van der Waals surface area contributed by atoms with E-state index in [1.165, 1.54) is 43.6 Å². The predicted molar refractivity (Wildman–Crippen MR) is 113 cm³/mol. The summed E-state index contributed by atoms with van der Waals surface area (Å²) in [6, 6.07) is 9.61. The zero-order valence-corrected chi connectivity index (χ0v) is 16.6. The molecule has 1 N–H and O–H groups in total. The molecule has 0 aliphatic carbocycles. The van der Waals surface area contributed by atoms with E-state index in [0.717, 1.165) is 45.2 Å². The zero-order chi connectivity index (χ0) is 18.5. The minimum Gasteiger partial charge on any atom is -0.364 e. The van der Waals surface area contributed by atoms with Crippen molar-refractivity contribution in [3.63, 3.8) is 0 Å². The van der Waals surface area contributed by atoms with Gasteiger partial charge in [-0.05, 0) is 57.0 Å². The Morgan fingerprint density at radius 3 is 2.52 bits per heavy atom. The maximum atomic E-state index is 4.94. The van der Waals surface area contributed by atoms with Crippen molar-refractivity contribution >= 4 is 11.6 Å². The number of likely N-dealkylation sites (tertiary alicyclic amines) is 2. The third-order valence-electron chi connectivity index (χ3n) is 5.99. The molecule has 5 heteroatoms. The molecule has 0 aromatic heterocycles. The summed E-state index contributed by atoms with van der Waals surface area (Å²) < 4.78 is 0. The number of guanidine groups is 1. The molecule has 2 saturated heterocycles. The van der Waals surface area contributed by atoms with Crippen molar-refractivity contribution in [2.45, 2.75) is 38.8 Å². The minimum atomic E-state index is 0.713. The lowest BCUT2D eigenvalue weighted by atomic mass is 10.2. The van der Waals surface area contributed by atoms with Gasteiger partial charge in [-0.3, -0.25) is 4.90 Å². The van der Waals surface area contributed by atoms with E-state index in [1.807, 2.05) is 0 Å². The highest BCUT2D eigenvalue weighted by Crippen LogP contribution is 2.21. The van der Waals surface area contributed by atoms with Crippen LogP contribution in [0.25, 0.3) is 0 Å². The Morgan fingerprint density at radius 2 is 1.81 bits per heavy atom. The summed E-state index contributed by atoms with van der Waals surface area (Å²) in [4.78, 5) is 12.4. The molecule has 0 amide bonds. The van der Waals surface area contributed by atoms with Gasteiger partial charge in [0.2, 0.25) is 0 Å². The first-order valence-corrected chi connectivity index (χ1v) is 10.6. The highest BCUT2D eigenvalue weighted by atomic mass is 15.3. The van der Waals surface area contributed by atoms with Crippen molar-refractivity contribution in [2.24, 2.45) is 4.99 Å². The molecule has 27 heavy (non-hydrogen) atoms. The number of nitrogens with one attached hydrogen (secondary N) is 1. The smallest absolute Gasteiger partial charge is 0.194 e. The summed E-state index contributed by atoms with van der Waals surface area (Å²) in [6.45, 7) is 10.7. The third kappa shape index (κ3) is 4.46. The van der Waals surface area contributed by atoms with Crippen molar-refractivity contribution in [3.8, 4) is 0 Å². The van der Waals surface area contributed by atoms with Crippen LogP contribution in [0.4, 0.5) is 5.69 Å². The molecule has 2 fully saturated rings. The Kier molecular flexibility index (Phi) is 5.97. The number of nitrogens with zero attached hydrogens (tertiary/aromatic N) is 4. The molecule has 3 aliphatic rings. The second-order valence-electron chi connectivity index (χ2n) is 7.84. The van der Waals surface area contributed by atoms with Crippen LogP contribution in [0, 0.1) is 0 Å². The Balaban J connectivity index is 1.36. The highest BCUT2D eigenvalue weighted by molar-refractivity contribution is 5.80. The van der Waals surface area contributed by atoms with E-state index in [4.69, 9.17) is 4.99 Å². The van der Waals surface area contributed by atoms with Gasteiger partial charge in [-0.15, -0.1) is 0 Å². The van der Waals surface area contributed by atoms with Gasteiger partial charge < -0.3 is 15.1 Å². The molecule has 1 aromatic carbocycles. The zero-order valence-electron chi connectivity index (χ0n) is 16.6. The van der Waals surface area contributed by atoms with Gasteiger partial charge in [0.15, 0.2) is 5.96 Å². The lowest BCUT2D eigenvalue weighted by molar-refractivity contribution is 0.249. The van der Waals surface area contributed by atoms with Crippen molar-refractivity contribution < 1.29 is 0 Å². The minimum absolute atomic E-state index is 0.713. The molecular weight excluding hydrogens is 334 g/mol. The van der Waals surface area contributed by atoms with Crippen molar-refractivity contribution in [2.75, 3.05) is 50.7 Å². The third-order valence-corrected chi connectivity index (χ3v) is 5.99. The highest BCUT2D eigenvalue weighted by Gasteiger charge is 2.30. The van der Waals surface area contributed by atoms with Crippen molar-refractivity contribution in [1.82, 2.24) is 15.1 Å². The van der Waals surface area contributed by atoms with Crippen LogP contribution < -0.4 is 10.2 Å². The molecule has 0 saturated carbocycles. The van der Waals surface area contributed by atoms with E-state index in [9.17, 15) is 0 Å². The summed E-state index contributed by atoms with van der Waals surface area (Å²) in [5.41, 5.74) is 2.57. The Hall–Kier alpha value is -2.01. The molecule has 1 aromatic rings. The van der Waals surface area contributed by atoms with E-state index in [-0.39, 0.29) is 0 Å². The van der Waals surface area contributed by atoms with Gasteiger partial charge in [0.25, 0.3) is 0 Å². The van der Waals surface area contributed by atoms with Crippen LogP contribution in [0.2, 0.25) is 0 Å². The number of aliphatic imine (C=N–C) groups is 1. The summed E-state index contributed by atoms with van der Waals surface area (Å²) in [7, 11) is 0. The summed E-state index contributed by atoms with van der Waals surface area (Å²) >= 11 is 0. The topological polar surface area (TPSA) is 34.1 Å². The molecule has 3 aliphatic heterocycles. The van der Waals surface area contributed by atoms with Gasteiger partial charge in [0.1, 0.15) is 0 Å². The summed E-state index contributed by atoms with van der Waals surface area (Å²) in [6.07, 6.45) is 8.46. The molecular formula is C22H33N5. The lowest BCUT2D eigenvalue weighted by Gasteiger charge is -2.25. The molecule has 0 radical (unpaired) electrons. The number of benzene rings is 1. The number of rotatable bonds is 5. The standard InChI is InChI=1S/C22H33N5/c1-2-23-22(27-16-11-21(18-27)26-14-5-6-15-26)24-17-19-7-9-20(10-8-19)25-12-3-4-13-25/h3-4,7-10,21H,2,5-6,11-18H2,1H3,(H,23,24). The normalized spacial score (nSPS) is 23.6. The fourth-order valence-electron chi connectivity index (χ4n) is 4.43. The molecule has 146 valence electrons. The number of anilines is 1. The molecule has 1 unspecified atom stereocenters. The summed E-state index contributed by atoms with van der Waals surface area (Å²) in [5, 5.41) is 3.50. The first-order chi connectivity index (χ1) is 13.3. The molecule has 0 spiro atoms. The van der Waals surface area contributed by atoms with Crippen LogP contribution in [0.1, 0.15) is 31.7 Å². The van der Waals surface area contributed by atoms with Crippen LogP contribution in [-0.4, -0.2) is 67.6 Å². The molecule has 4 rings (SSSR count). The summed E-state index contributed by atoms with van der Waals surface area (Å²) in [5.74, 6) is 1.08. The fourth-order valence-corrected chi connectivity index (χ4v) is 4.43. The van der Waals surface area contributed by atoms with Crippen LogP contribution in [0.5, 0.6) is 0 Å². The quantitative estimate of drug-likeness (QED) is 0.493. The van der Waals surface area contributed by atoms with Gasteiger partial charge in [-0.2, -0.15) is 0 Å². The van der Waals surface area contributed by atoms with Gasteiger partial charge >= 0.3 is 0 Å². The molecule has 3 heterocycles. The molecule has 5 nitrogen and oxygen atoms in total. The van der Waals surface area contributed by atoms with E-state index >= 15 is 0 Å². The van der Waals surface area contributed by atoms with Crippen LogP contribution in [-0.2, 0) is 6.54 Å². The first kappa shape index (κ1) is 18.4. The van der Waals surface area contributed by atoms with Crippen LogP contribution >= 0.6 is 0 Å². The Bertz CT molecular complexity index is 652.